The minimum absolute atomic E-state index is 0.0819. The molecule has 2 rings (SSSR count). The predicted molar refractivity (Wildman–Crippen MR) is 114 cm³/mol. The number of hydrogen-bond acceptors (Lipinski definition) is 5. The predicted octanol–water partition coefficient (Wildman–Crippen LogP) is 4.03. The summed E-state index contributed by atoms with van der Waals surface area (Å²) in [7, 11) is 1.59. The number of benzene rings is 2. The molecule has 154 valence electrons. The zero-order chi connectivity index (χ0) is 21.2. The Labute approximate surface area is 172 Å². The molecule has 1 amide bonds. The molecule has 0 atom stereocenters. The Balaban J connectivity index is 1.89. The van der Waals surface area contributed by atoms with Crippen LogP contribution < -0.4 is 20.1 Å². The van der Waals surface area contributed by atoms with Crippen LogP contribution in [0.25, 0.3) is 0 Å². The smallest absolute Gasteiger partial charge is 0.238 e. The number of carbonyl (C=O) groups is 1. The summed E-state index contributed by atoms with van der Waals surface area (Å²) in [6, 6.07) is 11.9. The molecular formula is C23H29N3O3. The Bertz CT molecular complexity index is 864. The largest absolute Gasteiger partial charge is 0.493 e. The molecule has 0 saturated carbocycles. The normalized spacial score (nSPS) is 10.3. The molecule has 6 nitrogen and oxygen atoms in total. The molecule has 2 aromatic carbocycles. The van der Waals surface area contributed by atoms with Gasteiger partial charge < -0.3 is 20.1 Å². The van der Waals surface area contributed by atoms with E-state index in [4.69, 9.17) is 14.7 Å². The summed E-state index contributed by atoms with van der Waals surface area (Å²) in [5.41, 5.74) is 5.16. The molecule has 0 aliphatic carbocycles. The zero-order valence-electron chi connectivity index (χ0n) is 17.6. The Morgan fingerprint density at radius 2 is 1.83 bits per heavy atom. The molecule has 0 spiro atoms. The lowest BCUT2D eigenvalue weighted by molar-refractivity contribution is -0.115. The molecular weight excluding hydrogens is 366 g/mol. The third kappa shape index (κ3) is 6.81. The molecule has 0 aliphatic rings. The van der Waals surface area contributed by atoms with Gasteiger partial charge in [0.2, 0.25) is 5.91 Å². The summed E-state index contributed by atoms with van der Waals surface area (Å²) in [5, 5.41) is 14.8. The van der Waals surface area contributed by atoms with E-state index in [1.54, 1.807) is 7.11 Å². The van der Waals surface area contributed by atoms with Crippen LogP contribution in [0.1, 0.15) is 35.1 Å². The van der Waals surface area contributed by atoms with E-state index in [0.29, 0.717) is 37.5 Å². The number of ether oxygens (including phenoxy) is 2. The van der Waals surface area contributed by atoms with Gasteiger partial charge in [-0.15, -0.1) is 0 Å². The number of nitriles is 1. The molecule has 0 unspecified atom stereocenters. The molecule has 0 aromatic heterocycles. The second-order valence-electron chi connectivity index (χ2n) is 7.02. The van der Waals surface area contributed by atoms with Gasteiger partial charge in [-0.2, -0.15) is 5.26 Å². The fraction of sp³-hybridized carbons (Fsp3) is 0.391. The molecule has 0 saturated heterocycles. The second kappa shape index (κ2) is 11.1. The van der Waals surface area contributed by atoms with E-state index in [2.05, 4.69) is 28.8 Å². The Kier molecular flexibility index (Phi) is 8.50. The number of aryl methyl sites for hydroxylation is 3. The molecule has 0 radical (unpaired) electrons. The highest BCUT2D eigenvalue weighted by molar-refractivity contribution is 5.93. The lowest BCUT2D eigenvalue weighted by Crippen LogP contribution is -2.28. The quantitative estimate of drug-likeness (QED) is 0.594. The Morgan fingerprint density at radius 3 is 2.48 bits per heavy atom. The van der Waals surface area contributed by atoms with Crippen LogP contribution in [0, 0.1) is 32.1 Å². The van der Waals surface area contributed by atoms with Gasteiger partial charge in [-0.25, -0.2) is 0 Å². The number of rotatable bonds is 10. The fourth-order valence-electron chi connectivity index (χ4n) is 3.16. The number of methoxy groups -OCH3 is 1. The third-order valence-corrected chi connectivity index (χ3v) is 4.47. The minimum atomic E-state index is -0.0819. The molecule has 0 aliphatic heterocycles. The Hall–Kier alpha value is -3.04. The van der Waals surface area contributed by atoms with E-state index in [-0.39, 0.29) is 12.5 Å². The van der Waals surface area contributed by atoms with Gasteiger partial charge in [0.25, 0.3) is 0 Å². The first-order valence-corrected chi connectivity index (χ1v) is 9.69. The zero-order valence-corrected chi connectivity index (χ0v) is 17.6. The van der Waals surface area contributed by atoms with Crippen molar-refractivity contribution in [1.29, 1.82) is 5.26 Å². The maximum Gasteiger partial charge on any atom is 0.238 e. The average molecular weight is 396 g/mol. The first kappa shape index (κ1) is 22.3. The Morgan fingerprint density at radius 1 is 1.10 bits per heavy atom. The van der Waals surface area contributed by atoms with Crippen molar-refractivity contribution < 1.29 is 14.3 Å². The SMILES string of the molecule is COc1ccc(CNCC(=O)Nc2c(C)cc(C)cc2C)cc1OCCCC#N. The van der Waals surface area contributed by atoms with Crippen molar-refractivity contribution in [2.45, 2.75) is 40.2 Å². The van der Waals surface area contributed by atoms with Crippen LogP contribution in [0.3, 0.4) is 0 Å². The van der Waals surface area contributed by atoms with Crippen molar-refractivity contribution in [3.63, 3.8) is 0 Å². The van der Waals surface area contributed by atoms with Gasteiger partial charge >= 0.3 is 0 Å². The van der Waals surface area contributed by atoms with E-state index in [1.807, 2.05) is 39.0 Å². The van der Waals surface area contributed by atoms with E-state index in [0.717, 1.165) is 22.4 Å². The highest BCUT2D eigenvalue weighted by atomic mass is 16.5. The van der Waals surface area contributed by atoms with Crippen LogP contribution in [0.15, 0.2) is 30.3 Å². The van der Waals surface area contributed by atoms with Crippen molar-refractivity contribution >= 4 is 11.6 Å². The lowest BCUT2D eigenvalue weighted by atomic mass is 10.1. The van der Waals surface area contributed by atoms with Gasteiger partial charge in [-0.05, 0) is 56.0 Å². The molecule has 2 N–H and O–H groups in total. The van der Waals surface area contributed by atoms with Gasteiger partial charge in [0, 0.05) is 18.7 Å². The summed E-state index contributed by atoms with van der Waals surface area (Å²) in [5.74, 6) is 1.20. The number of hydrogen-bond donors (Lipinski definition) is 2. The number of nitrogens with one attached hydrogen (secondary N) is 2. The molecule has 0 bridgehead atoms. The number of anilines is 1. The average Bonchev–Trinajstić information content (AvgIpc) is 2.68. The monoisotopic (exact) mass is 395 g/mol. The first-order chi connectivity index (χ1) is 13.9. The molecule has 29 heavy (non-hydrogen) atoms. The molecule has 6 heteroatoms. The van der Waals surface area contributed by atoms with Crippen molar-refractivity contribution in [2.75, 3.05) is 25.6 Å². The van der Waals surface area contributed by atoms with E-state index < -0.39 is 0 Å². The minimum Gasteiger partial charge on any atom is -0.493 e. The first-order valence-electron chi connectivity index (χ1n) is 9.69. The summed E-state index contributed by atoms with van der Waals surface area (Å²) in [6.07, 6.45) is 1.12. The topological polar surface area (TPSA) is 83.4 Å². The number of carbonyl (C=O) groups excluding carboxylic acids is 1. The van der Waals surface area contributed by atoms with Crippen LogP contribution in [0.4, 0.5) is 5.69 Å². The number of nitrogens with zero attached hydrogens (tertiary/aromatic N) is 1. The van der Waals surface area contributed by atoms with Gasteiger partial charge in [0.1, 0.15) is 0 Å². The summed E-state index contributed by atoms with van der Waals surface area (Å²) >= 11 is 0. The molecule has 0 heterocycles. The van der Waals surface area contributed by atoms with Gasteiger partial charge in [0.05, 0.1) is 26.3 Å². The summed E-state index contributed by atoms with van der Waals surface area (Å²) < 4.78 is 11.1. The summed E-state index contributed by atoms with van der Waals surface area (Å²) in [4.78, 5) is 12.3. The lowest BCUT2D eigenvalue weighted by Gasteiger charge is -2.14. The van der Waals surface area contributed by atoms with Crippen LogP contribution in [-0.4, -0.2) is 26.2 Å². The van der Waals surface area contributed by atoms with Crippen LogP contribution in [0.2, 0.25) is 0 Å². The highest BCUT2D eigenvalue weighted by Gasteiger charge is 2.09. The fourth-order valence-corrected chi connectivity index (χ4v) is 3.16. The van der Waals surface area contributed by atoms with Gasteiger partial charge in [-0.3, -0.25) is 4.79 Å². The number of unbranched alkanes of at least 4 members (excludes halogenated alkanes) is 1. The van der Waals surface area contributed by atoms with Gasteiger partial charge in [0.15, 0.2) is 11.5 Å². The maximum absolute atomic E-state index is 12.3. The van der Waals surface area contributed by atoms with Crippen LogP contribution in [-0.2, 0) is 11.3 Å². The van der Waals surface area contributed by atoms with Crippen molar-refractivity contribution in [2.24, 2.45) is 0 Å². The maximum atomic E-state index is 12.3. The third-order valence-electron chi connectivity index (χ3n) is 4.47. The van der Waals surface area contributed by atoms with Crippen molar-refractivity contribution in [3.05, 3.63) is 52.6 Å². The van der Waals surface area contributed by atoms with Crippen LogP contribution >= 0.6 is 0 Å². The van der Waals surface area contributed by atoms with Gasteiger partial charge in [-0.1, -0.05) is 23.8 Å². The van der Waals surface area contributed by atoms with Crippen molar-refractivity contribution in [1.82, 2.24) is 5.32 Å². The standard InChI is InChI=1S/C23H29N3O3/c1-16-11-17(2)23(18(3)12-16)26-22(27)15-25-14-19-7-8-20(28-4)21(13-19)29-10-6-5-9-24/h7-8,11-13,25H,5-6,10,14-15H2,1-4H3,(H,26,27). The number of amides is 1. The second-order valence-corrected chi connectivity index (χ2v) is 7.02. The van der Waals surface area contributed by atoms with E-state index in [9.17, 15) is 4.79 Å². The summed E-state index contributed by atoms with van der Waals surface area (Å²) in [6.45, 7) is 7.23. The highest BCUT2D eigenvalue weighted by Crippen LogP contribution is 2.28. The molecule has 2 aromatic rings. The molecule has 0 fully saturated rings. The van der Waals surface area contributed by atoms with E-state index in [1.165, 1.54) is 5.56 Å². The van der Waals surface area contributed by atoms with E-state index >= 15 is 0 Å². The van der Waals surface area contributed by atoms with Crippen LogP contribution in [0.5, 0.6) is 11.5 Å². The van der Waals surface area contributed by atoms with Crippen molar-refractivity contribution in [3.8, 4) is 17.6 Å².